The van der Waals surface area contributed by atoms with Gasteiger partial charge in [0.1, 0.15) is 0 Å². The fraction of sp³-hybridized carbons (Fsp3) is 0.545. The zero-order valence-electron chi connectivity index (χ0n) is 9.02. The van der Waals surface area contributed by atoms with Crippen LogP contribution in [-0.2, 0) is 6.54 Å². The summed E-state index contributed by atoms with van der Waals surface area (Å²) in [6.07, 6.45) is 2.66. The standard InChI is InChI=1S/C11H18N2O2/c1-2-10(9-14)12-6-8-13-7-4-3-5-11(13)15/h3-5,7,10,12,14H,2,6,8-9H2,1H3. The van der Waals surface area contributed by atoms with Crippen molar-refractivity contribution in [3.63, 3.8) is 0 Å². The summed E-state index contributed by atoms with van der Waals surface area (Å²) in [6, 6.07) is 5.24. The van der Waals surface area contributed by atoms with E-state index in [0.29, 0.717) is 13.1 Å². The molecule has 0 radical (unpaired) electrons. The van der Waals surface area contributed by atoms with Gasteiger partial charge in [-0.05, 0) is 12.5 Å². The summed E-state index contributed by atoms with van der Waals surface area (Å²) in [7, 11) is 0. The summed E-state index contributed by atoms with van der Waals surface area (Å²) in [4.78, 5) is 11.3. The van der Waals surface area contributed by atoms with E-state index in [4.69, 9.17) is 5.11 Å². The minimum atomic E-state index is 0.0105. The van der Waals surface area contributed by atoms with Gasteiger partial charge in [-0.15, -0.1) is 0 Å². The number of aromatic nitrogens is 1. The number of rotatable bonds is 6. The lowest BCUT2D eigenvalue weighted by Gasteiger charge is -2.14. The summed E-state index contributed by atoms with van der Waals surface area (Å²) >= 11 is 0. The Balaban J connectivity index is 2.38. The number of aliphatic hydroxyl groups is 1. The van der Waals surface area contributed by atoms with E-state index >= 15 is 0 Å². The van der Waals surface area contributed by atoms with E-state index in [1.165, 1.54) is 0 Å². The van der Waals surface area contributed by atoms with Crippen molar-refractivity contribution in [3.05, 3.63) is 34.7 Å². The SMILES string of the molecule is CCC(CO)NCCn1ccccc1=O. The fourth-order valence-electron chi connectivity index (χ4n) is 1.37. The van der Waals surface area contributed by atoms with Crippen molar-refractivity contribution in [2.24, 2.45) is 0 Å². The molecule has 0 saturated carbocycles. The van der Waals surface area contributed by atoms with Gasteiger partial charge >= 0.3 is 0 Å². The summed E-state index contributed by atoms with van der Waals surface area (Å²) in [5.41, 5.74) is 0.0105. The number of hydrogen-bond donors (Lipinski definition) is 2. The summed E-state index contributed by atoms with van der Waals surface area (Å²) in [5, 5.41) is 12.1. The van der Waals surface area contributed by atoms with Crippen LogP contribution in [0.1, 0.15) is 13.3 Å². The van der Waals surface area contributed by atoms with E-state index in [0.717, 1.165) is 6.42 Å². The maximum absolute atomic E-state index is 11.3. The van der Waals surface area contributed by atoms with Crippen LogP contribution in [-0.4, -0.2) is 28.9 Å². The fourth-order valence-corrected chi connectivity index (χ4v) is 1.37. The second-order valence-corrected chi connectivity index (χ2v) is 3.47. The van der Waals surface area contributed by atoms with Gasteiger partial charge in [-0.25, -0.2) is 0 Å². The third-order valence-corrected chi connectivity index (χ3v) is 2.40. The van der Waals surface area contributed by atoms with Crippen LogP contribution >= 0.6 is 0 Å². The molecule has 0 aliphatic rings. The molecule has 0 bridgehead atoms. The van der Waals surface area contributed by atoms with Crippen molar-refractivity contribution in [1.29, 1.82) is 0 Å². The van der Waals surface area contributed by atoms with Crippen LogP contribution in [0.25, 0.3) is 0 Å². The molecule has 15 heavy (non-hydrogen) atoms. The van der Waals surface area contributed by atoms with Crippen molar-refractivity contribution < 1.29 is 5.11 Å². The molecule has 2 N–H and O–H groups in total. The number of hydrogen-bond acceptors (Lipinski definition) is 3. The minimum Gasteiger partial charge on any atom is -0.395 e. The highest BCUT2D eigenvalue weighted by Crippen LogP contribution is 1.88. The molecule has 84 valence electrons. The van der Waals surface area contributed by atoms with Crippen molar-refractivity contribution in [3.8, 4) is 0 Å². The van der Waals surface area contributed by atoms with Crippen LogP contribution in [0.2, 0.25) is 0 Å². The van der Waals surface area contributed by atoms with E-state index in [1.54, 1.807) is 22.9 Å². The third-order valence-electron chi connectivity index (χ3n) is 2.40. The Labute approximate surface area is 89.6 Å². The number of pyridine rings is 1. The van der Waals surface area contributed by atoms with Gasteiger partial charge in [-0.3, -0.25) is 4.79 Å². The molecule has 1 heterocycles. The van der Waals surface area contributed by atoms with Gasteiger partial charge in [0.05, 0.1) is 6.61 Å². The highest BCUT2D eigenvalue weighted by molar-refractivity contribution is 4.93. The number of aliphatic hydroxyl groups excluding tert-OH is 1. The van der Waals surface area contributed by atoms with E-state index in [-0.39, 0.29) is 18.2 Å². The van der Waals surface area contributed by atoms with Gasteiger partial charge in [-0.2, -0.15) is 0 Å². The second kappa shape index (κ2) is 6.37. The second-order valence-electron chi connectivity index (χ2n) is 3.47. The molecule has 0 aliphatic heterocycles. The Hall–Kier alpha value is -1.13. The molecule has 0 amide bonds. The molecule has 0 spiro atoms. The molecule has 4 nitrogen and oxygen atoms in total. The van der Waals surface area contributed by atoms with E-state index in [1.807, 2.05) is 13.0 Å². The lowest BCUT2D eigenvalue weighted by atomic mass is 10.2. The molecule has 0 aromatic carbocycles. The molecule has 0 saturated heterocycles. The summed E-state index contributed by atoms with van der Waals surface area (Å²) < 4.78 is 1.65. The minimum absolute atomic E-state index is 0.0105. The lowest BCUT2D eigenvalue weighted by molar-refractivity contribution is 0.238. The molecular weight excluding hydrogens is 192 g/mol. The van der Waals surface area contributed by atoms with Gasteiger partial charge in [-0.1, -0.05) is 13.0 Å². The van der Waals surface area contributed by atoms with Crippen molar-refractivity contribution >= 4 is 0 Å². The molecule has 0 fully saturated rings. The zero-order chi connectivity index (χ0) is 11.1. The molecule has 1 aromatic heterocycles. The van der Waals surface area contributed by atoms with E-state index < -0.39 is 0 Å². The van der Waals surface area contributed by atoms with Crippen molar-refractivity contribution in [1.82, 2.24) is 9.88 Å². The summed E-state index contributed by atoms with van der Waals surface area (Å²) in [6.45, 7) is 3.49. The predicted octanol–water partition coefficient (Wildman–Crippen LogP) is 0.209. The highest BCUT2D eigenvalue weighted by Gasteiger charge is 2.02. The van der Waals surface area contributed by atoms with E-state index in [9.17, 15) is 4.79 Å². The van der Waals surface area contributed by atoms with Crippen molar-refractivity contribution in [2.45, 2.75) is 25.9 Å². The molecular formula is C11H18N2O2. The van der Waals surface area contributed by atoms with Crippen LogP contribution in [0.15, 0.2) is 29.2 Å². The first kappa shape index (κ1) is 11.9. The Kier molecular flexibility index (Phi) is 5.07. The first-order chi connectivity index (χ1) is 7.27. The Morgan fingerprint density at radius 3 is 2.93 bits per heavy atom. The Morgan fingerprint density at radius 1 is 1.53 bits per heavy atom. The molecule has 0 aliphatic carbocycles. The number of nitrogens with one attached hydrogen (secondary N) is 1. The first-order valence-corrected chi connectivity index (χ1v) is 5.27. The molecule has 1 unspecified atom stereocenters. The Morgan fingerprint density at radius 2 is 2.33 bits per heavy atom. The topological polar surface area (TPSA) is 54.3 Å². The van der Waals surface area contributed by atoms with Crippen LogP contribution in [0.5, 0.6) is 0 Å². The van der Waals surface area contributed by atoms with Gasteiger partial charge < -0.3 is 15.0 Å². The molecule has 1 atom stereocenters. The quantitative estimate of drug-likeness (QED) is 0.705. The monoisotopic (exact) mass is 210 g/mol. The number of nitrogens with zero attached hydrogens (tertiary/aromatic N) is 1. The molecule has 1 aromatic rings. The van der Waals surface area contributed by atoms with Crippen LogP contribution < -0.4 is 10.9 Å². The average molecular weight is 210 g/mol. The third kappa shape index (κ3) is 3.85. The zero-order valence-corrected chi connectivity index (χ0v) is 9.02. The predicted molar refractivity (Wildman–Crippen MR) is 59.9 cm³/mol. The van der Waals surface area contributed by atoms with Gasteiger partial charge in [0.15, 0.2) is 0 Å². The maximum Gasteiger partial charge on any atom is 0.250 e. The molecule has 1 rings (SSSR count). The lowest BCUT2D eigenvalue weighted by Crippen LogP contribution is -2.35. The normalized spacial score (nSPS) is 12.7. The van der Waals surface area contributed by atoms with Crippen LogP contribution in [0.3, 0.4) is 0 Å². The maximum atomic E-state index is 11.3. The highest BCUT2D eigenvalue weighted by atomic mass is 16.3. The first-order valence-electron chi connectivity index (χ1n) is 5.27. The van der Waals surface area contributed by atoms with Gasteiger partial charge in [0.2, 0.25) is 0 Å². The van der Waals surface area contributed by atoms with Gasteiger partial charge in [0, 0.05) is 31.4 Å². The summed E-state index contributed by atoms with van der Waals surface area (Å²) in [5.74, 6) is 0. The average Bonchev–Trinajstić information content (AvgIpc) is 2.27. The largest absolute Gasteiger partial charge is 0.395 e. The molecule has 4 heteroatoms. The van der Waals surface area contributed by atoms with E-state index in [2.05, 4.69) is 5.32 Å². The Bertz CT molecular complexity index is 331. The van der Waals surface area contributed by atoms with Crippen LogP contribution in [0.4, 0.5) is 0 Å². The van der Waals surface area contributed by atoms with Gasteiger partial charge in [0.25, 0.3) is 5.56 Å². The van der Waals surface area contributed by atoms with Crippen molar-refractivity contribution in [2.75, 3.05) is 13.2 Å². The van der Waals surface area contributed by atoms with Crippen LogP contribution in [0, 0.1) is 0 Å². The smallest absolute Gasteiger partial charge is 0.250 e.